The Kier molecular flexibility index (Phi) is 5.85. The number of methoxy groups -OCH3 is 1. The Balaban J connectivity index is 1.32. The summed E-state index contributed by atoms with van der Waals surface area (Å²) in [7, 11) is 1.64. The average molecular weight is 466 g/mol. The van der Waals surface area contributed by atoms with Crippen LogP contribution in [-0.2, 0) is 12.0 Å². The Morgan fingerprint density at radius 3 is 2.48 bits per heavy atom. The molecule has 0 saturated heterocycles. The van der Waals surface area contributed by atoms with E-state index in [4.69, 9.17) is 22.1 Å². The molecule has 5 rings (SSSR count). The van der Waals surface area contributed by atoms with E-state index in [-0.39, 0.29) is 17.4 Å². The summed E-state index contributed by atoms with van der Waals surface area (Å²) < 4.78 is 7.17. The van der Waals surface area contributed by atoms with Crippen molar-refractivity contribution in [3.05, 3.63) is 64.9 Å². The summed E-state index contributed by atoms with van der Waals surface area (Å²) in [6.07, 6.45) is 3.69. The van der Waals surface area contributed by atoms with Crippen LogP contribution in [0.1, 0.15) is 41.9 Å². The monoisotopic (exact) mass is 465 g/mol. The zero-order chi connectivity index (χ0) is 23.0. The highest BCUT2D eigenvalue weighted by Crippen LogP contribution is 2.41. The minimum absolute atomic E-state index is 0.0403. The van der Waals surface area contributed by atoms with Crippen LogP contribution in [0.3, 0.4) is 0 Å². The number of ether oxygens (including phenoxy) is 1. The van der Waals surface area contributed by atoms with Gasteiger partial charge in [-0.2, -0.15) is 0 Å². The fourth-order valence-corrected chi connectivity index (χ4v) is 5.50. The molecule has 0 bridgehead atoms. The van der Waals surface area contributed by atoms with E-state index in [1.165, 1.54) is 5.56 Å². The number of halogens is 1. The molecule has 172 valence electrons. The molecule has 2 aliphatic rings. The maximum absolute atomic E-state index is 13.3. The van der Waals surface area contributed by atoms with Gasteiger partial charge >= 0.3 is 0 Å². The highest BCUT2D eigenvalue weighted by Gasteiger charge is 2.40. The third-order valence-electron chi connectivity index (χ3n) is 7.30. The van der Waals surface area contributed by atoms with Crippen LogP contribution in [0.4, 0.5) is 0 Å². The predicted molar refractivity (Wildman–Crippen MR) is 127 cm³/mol. The van der Waals surface area contributed by atoms with Crippen molar-refractivity contribution in [1.29, 1.82) is 0 Å². The second kappa shape index (κ2) is 8.80. The molecule has 7 nitrogen and oxygen atoms in total. The number of aromatic nitrogens is 3. The minimum atomic E-state index is -0.0816. The van der Waals surface area contributed by atoms with Crippen molar-refractivity contribution in [3.63, 3.8) is 0 Å². The zero-order valence-electron chi connectivity index (χ0n) is 18.7. The highest BCUT2D eigenvalue weighted by molar-refractivity contribution is 6.30. The van der Waals surface area contributed by atoms with Gasteiger partial charge < -0.3 is 19.9 Å². The molecule has 0 spiro atoms. The lowest BCUT2D eigenvalue weighted by Crippen LogP contribution is -2.50. The van der Waals surface area contributed by atoms with Crippen molar-refractivity contribution in [2.75, 3.05) is 20.2 Å². The quantitative estimate of drug-likeness (QED) is 0.617. The van der Waals surface area contributed by atoms with E-state index >= 15 is 0 Å². The SMILES string of the molecule is COc1ccc(-c2nnc3n2CCN([C@H]2CC[C@](CN)(c4cccc(Cl)c4)CC2)C3=O)cc1. The first kappa shape index (κ1) is 21.9. The molecular weight excluding hydrogens is 438 g/mol. The molecule has 0 unspecified atom stereocenters. The molecule has 2 heterocycles. The first-order chi connectivity index (χ1) is 16.0. The van der Waals surface area contributed by atoms with E-state index in [0.717, 1.165) is 42.0 Å². The van der Waals surface area contributed by atoms with Gasteiger partial charge in [0.15, 0.2) is 5.82 Å². The summed E-state index contributed by atoms with van der Waals surface area (Å²) >= 11 is 6.25. The molecule has 8 heteroatoms. The van der Waals surface area contributed by atoms with Gasteiger partial charge in [0.25, 0.3) is 5.91 Å². The van der Waals surface area contributed by atoms with Crippen LogP contribution >= 0.6 is 11.6 Å². The summed E-state index contributed by atoms with van der Waals surface area (Å²) in [5.41, 5.74) is 8.29. The molecular formula is C25H28ClN5O2. The topological polar surface area (TPSA) is 86.3 Å². The fraction of sp³-hybridized carbons (Fsp3) is 0.400. The van der Waals surface area contributed by atoms with Gasteiger partial charge in [-0.25, -0.2) is 0 Å². The highest BCUT2D eigenvalue weighted by atomic mass is 35.5. The van der Waals surface area contributed by atoms with Crippen molar-refractivity contribution in [2.45, 2.75) is 43.7 Å². The molecule has 1 aromatic heterocycles. The summed E-state index contributed by atoms with van der Waals surface area (Å²) in [4.78, 5) is 15.3. The Labute approximate surface area is 198 Å². The molecule has 1 amide bonds. The number of carbonyl (C=O) groups excluding carboxylic acids is 1. The van der Waals surface area contributed by atoms with Crippen LogP contribution in [0.15, 0.2) is 48.5 Å². The molecule has 1 aliphatic heterocycles. The third kappa shape index (κ3) is 3.89. The lowest BCUT2D eigenvalue weighted by atomic mass is 9.68. The largest absolute Gasteiger partial charge is 0.497 e. The van der Waals surface area contributed by atoms with Crippen molar-refractivity contribution in [2.24, 2.45) is 5.73 Å². The number of hydrogen-bond donors (Lipinski definition) is 1. The fourth-order valence-electron chi connectivity index (χ4n) is 5.31. The van der Waals surface area contributed by atoms with Crippen molar-refractivity contribution < 1.29 is 9.53 Å². The van der Waals surface area contributed by atoms with Gasteiger partial charge in [0.1, 0.15) is 5.75 Å². The summed E-state index contributed by atoms with van der Waals surface area (Å²) in [5.74, 6) is 1.87. The van der Waals surface area contributed by atoms with E-state index < -0.39 is 0 Å². The van der Waals surface area contributed by atoms with Crippen molar-refractivity contribution in [3.8, 4) is 17.1 Å². The summed E-state index contributed by atoms with van der Waals surface area (Å²) in [6.45, 7) is 1.92. The minimum Gasteiger partial charge on any atom is -0.497 e. The summed E-state index contributed by atoms with van der Waals surface area (Å²) in [5, 5.41) is 9.33. The lowest BCUT2D eigenvalue weighted by molar-refractivity contribution is 0.0523. The lowest BCUT2D eigenvalue weighted by Gasteiger charge is -2.44. The molecule has 2 N–H and O–H groups in total. The predicted octanol–water partition coefficient (Wildman–Crippen LogP) is 3.90. The number of nitrogens with two attached hydrogens (primary N) is 1. The van der Waals surface area contributed by atoms with Gasteiger partial charge in [-0.1, -0.05) is 23.7 Å². The maximum atomic E-state index is 13.3. The average Bonchev–Trinajstić information content (AvgIpc) is 3.30. The normalized spacial score (nSPS) is 22.8. The van der Waals surface area contributed by atoms with Crippen LogP contribution in [0.2, 0.25) is 5.02 Å². The number of carbonyl (C=O) groups is 1. The Morgan fingerprint density at radius 2 is 1.82 bits per heavy atom. The van der Waals surface area contributed by atoms with Gasteiger partial charge in [-0.3, -0.25) is 4.79 Å². The molecule has 2 aromatic carbocycles. The van der Waals surface area contributed by atoms with E-state index in [1.54, 1.807) is 7.11 Å². The van der Waals surface area contributed by atoms with Crippen LogP contribution in [-0.4, -0.2) is 51.8 Å². The summed E-state index contributed by atoms with van der Waals surface area (Å²) in [6, 6.07) is 15.9. The third-order valence-corrected chi connectivity index (χ3v) is 7.53. The second-order valence-corrected chi connectivity index (χ2v) is 9.39. The van der Waals surface area contributed by atoms with Crippen LogP contribution in [0.5, 0.6) is 5.75 Å². The van der Waals surface area contributed by atoms with E-state index in [9.17, 15) is 4.79 Å². The van der Waals surface area contributed by atoms with Gasteiger partial charge in [-0.15, -0.1) is 10.2 Å². The number of rotatable bonds is 5. The number of fused-ring (bicyclic) bond motifs is 1. The Morgan fingerprint density at radius 1 is 1.09 bits per heavy atom. The Bertz CT molecular complexity index is 1150. The second-order valence-electron chi connectivity index (χ2n) is 8.95. The molecule has 0 atom stereocenters. The van der Waals surface area contributed by atoms with Gasteiger partial charge in [0.2, 0.25) is 5.82 Å². The maximum Gasteiger partial charge on any atom is 0.292 e. The standard InChI is InChI=1S/C25H28ClN5O2/c1-33-21-7-5-17(6-8-21)22-28-29-23-24(32)30(13-14-31(22)23)20-9-11-25(16-27,12-10-20)18-3-2-4-19(26)15-18/h2-8,15,20H,9-14,16,27H2,1H3/t20-,25-. The smallest absolute Gasteiger partial charge is 0.292 e. The van der Waals surface area contributed by atoms with Crippen molar-refractivity contribution in [1.82, 2.24) is 19.7 Å². The zero-order valence-corrected chi connectivity index (χ0v) is 19.5. The van der Waals surface area contributed by atoms with Crippen LogP contribution < -0.4 is 10.5 Å². The van der Waals surface area contributed by atoms with Gasteiger partial charge in [0, 0.05) is 41.7 Å². The molecule has 33 heavy (non-hydrogen) atoms. The van der Waals surface area contributed by atoms with E-state index in [0.29, 0.717) is 31.3 Å². The van der Waals surface area contributed by atoms with Crippen LogP contribution in [0, 0.1) is 0 Å². The van der Waals surface area contributed by atoms with E-state index in [1.807, 2.05) is 51.9 Å². The Hall–Kier alpha value is -2.90. The molecule has 1 fully saturated rings. The molecule has 1 aliphatic carbocycles. The van der Waals surface area contributed by atoms with E-state index in [2.05, 4.69) is 16.3 Å². The first-order valence-electron chi connectivity index (χ1n) is 11.4. The number of hydrogen-bond acceptors (Lipinski definition) is 5. The number of nitrogens with zero attached hydrogens (tertiary/aromatic N) is 4. The number of benzene rings is 2. The molecule has 3 aromatic rings. The van der Waals surface area contributed by atoms with Gasteiger partial charge in [-0.05, 0) is 67.6 Å². The molecule has 0 radical (unpaired) electrons. The van der Waals surface area contributed by atoms with Crippen molar-refractivity contribution >= 4 is 17.5 Å². The first-order valence-corrected chi connectivity index (χ1v) is 11.8. The van der Waals surface area contributed by atoms with Gasteiger partial charge in [0.05, 0.1) is 7.11 Å². The number of amides is 1. The van der Waals surface area contributed by atoms with Crippen LogP contribution in [0.25, 0.3) is 11.4 Å². The molecule has 1 saturated carbocycles.